The minimum atomic E-state index is -0.403. The fraction of sp³-hybridized carbons (Fsp3) is 0.375. The van der Waals surface area contributed by atoms with Gasteiger partial charge in [0, 0.05) is 24.0 Å². The van der Waals surface area contributed by atoms with Gasteiger partial charge in [-0.1, -0.05) is 45.0 Å². The standard InChI is InChI=1S/C21H20N2O3.C3H7NO/c1-12(2)13-3-5-14(6-4-13)16-9-18(23-21(24)19-11-26-19)17(10-22)15-7-8-25-20(15)16;1-2-3(4)5/h3-6,9,12,19H,7-8,11H2,1-2H3,(H,23,24);2H2,1H3,(H2,4,5)/t19-;/m0./s1. The number of rotatable bonds is 5. The summed E-state index contributed by atoms with van der Waals surface area (Å²) in [7, 11) is 0. The lowest BCUT2D eigenvalue weighted by molar-refractivity contribution is -0.118. The van der Waals surface area contributed by atoms with Crippen molar-refractivity contribution in [3.05, 3.63) is 47.0 Å². The summed E-state index contributed by atoms with van der Waals surface area (Å²) in [5, 5.41) is 12.5. The Morgan fingerprint density at radius 3 is 2.45 bits per heavy atom. The highest BCUT2D eigenvalue weighted by Crippen LogP contribution is 2.42. The fourth-order valence-electron chi connectivity index (χ4n) is 3.28. The lowest BCUT2D eigenvalue weighted by atomic mass is 9.94. The molecule has 2 heterocycles. The highest BCUT2D eigenvalue weighted by Gasteiger charge is 2.33. The quantitative estimate of drug-likeness (QED) is 0.717. The zero-order valence-electron chi connectivity index (χ0n) is 18.0. The third-order valence-corrected chi connectivity index (χ3v) is 5.21. The number of carbonyl (C=O) groups excluding carboxylic acids is 2. The van der Waals surface area contributed by atoms with E-state index in [1.54, 1.807) is 6.92 Å². The van der Waals surface area contributed by atoms with E-state index in [4.69, 9.17) is 9.47 Å². The average molecular weight is 421 g/mol. The summed E-state index contributed by atoms with van der Waals surface area (Å²) in [6.07, 6.45) is 0.707. The van der Waals surface area contributed by atoms with Gasteiger partial charge in [-0.05, 0) is 23.1 Å². The van der Waals surface area contributed by atoms with Crippen molar-refractivity contribution in [1.82, 2.24) is 0 Å². The van der Waals surface area contributed by atoms with Crippen LogP contribution in [0.3, 0.4) is 0 Å². The van der Waals surface area contributed by atoms with Crippen LogP contribution >= 0.6 is 0 Å². The SMILES string of the molecule is CC(C)c1ccc(-c2cc(NC(=O)[C@@H]3CO3)c(C#N)c3c2OCC3)cc1.CCC(N)=O. The third kappa shape index (κ3) is 5.22. The summed E-state index contributed by atoms with van der Waals surface area (Å²) in [5.74, 6) is 0.756. The van der Waals surface area contributed by atoms with E-state index in [1.807, 2.05) is 6.07 Å². The van der Waals surface area contributed by atoms with Crippen molar-refractivity contribution in [3.63, 3.8) is 0 Å². The first-order valence-electron chi connectivity index (χ1n) is 10.4. The number of ether oxygens (including phenoxy) is 2. The van der Waals surface area contributed by atoms with Crippen molar-refractivity contribution < 1.29 is 19.1 Å². The van der Waals surface area contributed by atoms with Crippen molar-refractivity contribution in [2.45, 2.75) is 45.6 Å². The molecule has 0 saturated carbocycles. The Bertz CT molecular complexity index is 1020. The summed E-state index contributed by atoms with van der Waals surface area (Å²) in [6, 6.07) is 12.4. The summed E-state index contributed by atoms with van der Waals surface area (Å²) >= 11 is 0. The molecule has 0 aliphatic carbocycles. The molecule has 0 aromatic heterocycles. The molecule has 3 N–H and O–H groups in total. The minimum Gasteiger partial charge on any atom is -0.492 e. The average Bonchev–Trinajstić information content (AvgIpc) is 3.51. The number of hydrogen-bond donors (Lipinski definition) is 2. The highest BCUT2D eigenvalue weighted by atomic mass is 16.6. The summed E-state index contributed by atoms with van der Waals surface area (Å²) in [6.45, 7) is 7.02. The van der Waals surface area contributed by atoms with Crippen LogP contribution in [0.25, 0.3) is 11.1 Å². The van der Waals surface area contributed by atoms with Gasteiger partial charge in [-0.3, -0.25) is 9.59 Å². The Morgan fingerprint density at radius 1 is 1.29 bits per heavy atom. The summed E-state index contributed by atoms with van der Waals surface area (Å²) in [5.41, 5.74) is 9.70. The van der Waals surface area contributed by atoms with Gasteiger partial charge in [0.1, 0.15) is 11.8 Å². The van der Waals surface area contributed by atoms with Crippen LogP contribution in [-0.4, -0.2) is 31.1 Å². The number of nitriles is 1. The van der Waals surface area contributed by atoms with Crippen LogP contribution in [0.5, 0.6) is 5.75 Å². The van der Waals surface area contributed by atoms with E-state index in [9.17, 15) is 14.9 Å². The molecule has 2 aromatic carbocycles. The van der Waals surface area contributed by atoms with Gasteiger partial charge in [-0.25, -0.2) is 0 Å². The molecule has 2 aliphatic heterocycles. The smallest absolute Gasteiger partial charge is 0.255 e. The topological polar surface area (TPSA) is 118 Å². The fourth-order valence-corrected chi connectivity index (χ4v) is 3.28. The van der Waals surface area contributed by atoms with E-state index in [0.29, 0.717) is 43.2 Å². The van der Waals surface area contributed by atoms with Crippen molar-refractivity contribution in [2.24, 2.45) is 5.73 Å². The first-order valence-corrected chi connectivity index (χ1v) is 10.4. The van der Waals surface area contributed by atoms with Crippen LogP contribution < -0.4 is 15.8 Å². The van der Waals surface area contributed by atoms with Crippen LogP contribution in [0.15, 0.2) is 30.3 Å². The maximum Gasteiger partial charge on any atom is 0.255 e. The number of hydrogen-bond acceptors (Lipinski definition) is 5. The normalized spacial score (nSPS) is 15.8. The van der Waals surface area contributed by atoms with Crippen molar-refractivity contribution in [3.8, 4) is 22.9 Å². The monoisotopic (exact) mass is 421 g/mol. The zero-order chi connectivity index (χ0) is 22.5. The molecule has 1 saturated heterocycles. The number of primary amides is 1. The Labute approximate surface area is 182 Å². The Hall–Kier alpha value is -3.37. The molecular formula is C24H27N3O4. The molecule has 0 radical (unpaired) electrons. The molecule has 7 heteroatoms. The lowest BCUT2D eigenvalue weighted by Gasteiger charge is -2.15. The van der Waals surface area contributed by atoms with E-state index >= 15 is 0 Å². The van der Waals surface area contributed by atoms with Crippen LogP contribution in [0.1, 0.15) is 49.8 Å². The van der Waals surface area contributed by atoms with E-state index in [-0.39, 0.29) is 11.8 Å². The molecule has 2 aromatic rings. The van der Waals surface area contributed by atoms with E-state index in [2.05, 4.69) is 55.2 Å². The van der Waals surface area contributed by atoms with E-state index < -0.39 is 6.10 Å². The number of fused-ring (bicyclic) bond motifs is 1. The van der Waals surface area contributed by atoms with Crippen molar-refractivity contribution >= 4 is 17.5 Å². The number of carbonyl (C=O) groups is 2. The largest absolute Gasteiger partial charge is 0.492 e. The zero-order valence-corrected chi connectivity index (χ0v) is 18.0. The van der Waals surface area contributed by atoms with Crippen molar-refractivity contribution in [2.75, 3.05) is 18.5 Å². The second-order valence-electron chi connectivity index (χ2n) is 7.77. The van der Waals surface area contributed by atoms with E-state index in [1.165, 1.54) is 5.56 Å². The van der Waals surface area contributed by atoms with Gasteiger partial charge in [0.15, 0.2) is 6.10 Å². The molecule has 0 spiro atoms. The van der Waals surface area contributed by atoms with Gasteiger partial charge in [-0.15, -0.1) is 0 Å². The Morgan fingerprint density at radius 2 is 1.94 bits per heavy atom. The van der Waals surface area contributed by atoms with Crippen LogP contribution in [0.2, 0.25) is 0 Å². The van der Waals surface area contributed by atoms with Gasteiger partial charge >= 0.3 is 0 Å². The molecule has 162 valence electrons. The maximum atomic E-state index is 12.1. The van der Waals surface area contributed by atoms with Crippen LogP contribution in [0.4, 0.5) is 5.69 Å². The first kappa shape index (κ1) is 22.3. The van der Waals surface area contributed by atoms with Gasteiger partial charge in [-0.2, -0.15) is 5.26 Å². The van der Waals surface area contributed by atoms with Crippen molar-refractivity contribution in [1.29, 1.82) is 5.26 Å². The molecule has 2 amide bonds. The number of nitrogens with zero attached hydrogens (tertiary/aromatic N) is 1. The predicted octanol–water partition coefficient (Wildman–Crippen LogP) is 3.50. The number of epoxide rings is 1. The molecule has 4 rings (SSSR count). The lowest BCUT2D eigenvalue weighted by Crippen LogP contribution is -2.19. The number of nitrogens with two attached hydrogens (primary N) is 1. The number of anilines is 1. The molecular weight excluding hydrogens is 394 g/mol. The predicted molar refractivity (Wildman–Crippen MR) is 118 cm³/mol. The van der Waals surface area contributed by atoms with Crippen LogP contribution in [0, 0.1) is 11.3 Å². The third-order valence-electron chi connectivity index (χ3n) is 5.21. The minimum absolute atomic E-state index is 0.207. The highest BCUT2D eigenvalue weighted by molar-refractivity contribution is 5.98. The van der Waals surface area contributed by atoms with E-state index in [0.717, 1.165) is 22.4 Å². The van der Waals surface area contributed by atoms with Gasteiger partial charge in [0.2, 0.25) is 5.91 Å². The molecule has 0 bridgehead atoms. The first-order chi connectivity index (χ1) is 14.8. The van der Waals surface area contributed by atoms with Gasteiger partial charge < -0.3 is 20.5 Å². The number of amides is 2. The molecule has 0 unspecified atom stereocenters. The second-order valence-corrected chi connectivity index (χ2v) is 7.77. The number of benzene rings is 2. The molecule has 7 nitrogen and oxygen atoms in total. The second kappa shape index (κ2) is 9.63. The number of nitrogens with one attached hydrogen (secondary N) is 1. The maximum absolute atomic E-state index is 12.1. The molecule has 1 atom stereocenters. The van der Waals surface area contributed by atoms with Gasteiger partial charge in [0.25, 0.3) is 5.91 Å². The van der Waals surface area contributed by atoms with Gasteiger partial charge in [0.05, 0.1) is 24.5 Å². The molecule has 2 aliphatic rings. The summed E-state index contributed by atoms with van der Waals surface area (Å²) in [4.78, 5) is 21.7. The van der Waals surface area contributed by atoms with Crippen LogP contribution in [-0.2, 0) is 20.7 Å². The summed E-state index contributed by atoms with van der Waals surface area (Å²) < 4.78 is 10.9. The Balaban J connectivity index is 0.000000491. The molecule has 31 heavy (non-hydrogen) atoms. The molecule has 1 fully saturated rings. The Kier molecular flexibility index (Phi) is 6.93.